The Morgan fingerprint density at radius 3 is 1.28 bits per heavy atom. The number of unbranched alkanes of at least 4 members (excludes halogenated alkanes) is 14. The maximum atomic E-state index is 12.9. The van der Waals surface area contributed by atoms with Crippen molar-refractivity contribution in [3.05, 3.63) is 122 Å². The number of phosphoric acid groups is 1. The van der Waals surface area contributed by atoms with Gasteiger partial charge in [-0.3, -0.25) is 9.36 Å². The number of quaternary nitrogens is 1. The van der Waals surface area contributed by atoms with Gasteiger partial charge in [-0.1, -0.05) is 219 Å². The Bertz CT molecular complexity index is 1510. The second-order valence-corrected chi connectivity index (χ2v) is 20.3. The van der Waals surface area contributed by atoms with E-state index in [1.165, 1.54) is 64.2 Å². The smallest absolute Gasteiger partial charge is 0.268 e. The molecule has 2 N–H and O–H groups in total. The Balaban J connectivity index is 4.30. The van der Waals surface area contributed by atoms with Crippen molar-refractivity contribution in [2.45, 2.75) is 206 Å². The summed E-state index contributed by atoms with van der Waals surface area (Å²) in [5.74, 6) is -0.213. The highest BCUT2D eigenvalue weighted by Crippen LogP contribution is 2.38. The zero-order chi connectivity index (χ0) is 49.9. The van der Waals surface area contributed by atoms with Gasteiger partial charge in [0.15, 0.2) is 0 Å². The molecule has 9 heteroatoms. The van der Waals surface area contributed by atoms with E-state index in [0.29, 0.717) is 30.3 Å². The van der Waals surface area contributed by atoms with Crippen LogP contribution >= 0.6 is 7.82 Å². The first-order valence-corrected chi connectivity index (χ1v) is 28.3. The molecular weight excluding hydrogens is 864 g/mol. The molecular formula is C59H101N2O6P. The van der Waals surface area contributed by atoms with E-state index >= 15 is 0 Å². The summed E-state index contributed by atoms with van der Waals surface area (Å²) in [6.07, 6.45) is 72.3. The highest BCUT2D eigenvalue weighted by molar-refractivity contribution is 7.45. The number of amides is 1. The minimum absolute atomic E-state index is 0.00334. The van der Waals surface area contributed by atoms with Crippen LogP contribution in [0.15, 0.2) is 122 Å². The normalized spacial score (nSPS) is 15.0. The van der Waals surface area contributed by atoms with Crippen LogP contribution in [-0.4, -0.2) is 68.5 Å². The summed E-state index contributed by atoms with van der Waals surface area (Å²) in [7, 11) is 1.25. The molecule has 0 aromatic rings. The third-order valence-corrected chi connectivity index (χ3v) is 12.2. The molecule has 3 unspecified atom stereocenters. The van der Waals surface area contributed by atoms with Gasteiger partial charge in [0.1, 0.15) is 13.2 Å². The average molecular weight is 965 g/mol. The molecule has 0 rings (SSSR count). The zero-order valence-electron chi connectivity index (χ0n) is 44.0. The first kappa shape index (κ1) is 64.9. The fourth-order valence-electron chi connectivity index (χ4n) is 7.01. The van der Waals surface area contributed by atoms with Gasteiger partial charge in [-0.25, -0.2) is 0 Å². The number of hydrogen-bond acceptors (Lipinski definition) is 6. The Labute approximate surface area is 418 Å². The molecule has 0 heterocycles. The van der Waals surface area contributed by atoms with Crippen LogP contribution in [0.1, 0.15) is 194 Å². The van der Waals surface area contributed by atoms with Crippen LogP contribution in [0.2, 0.25) is 0 Å². The van der Waals surface area contributed by atoms with Crippen LogP contribution in [0, 0.1) is 0 Å². The van der Waals surface area contributed by atoms with Gasteiger partial charge in [-0.2, -0.15) is 0 Å². The number of nitrogens with one attached hydrogen (secondary N) is 1. The first-order chi connectivity index (χ1) is 33.0. The van der Waals surface area contributed by atoms with Crippen LogP contribution in [0.25, 0.3) is 0 Å². The van der Waals surface area contributed by atoms with Gasteiger partial charge in [-0.05, 0) is 89.9 Å². The minimum atomic E-state index is -4.59. The molecule has 8 nitrogen and oxygen atoms in total. The van der Waals surface area contributed by atoms with E-state index in [1.807, 2.05) is 21.1 Å². The van der Waals surface area contributed by atoms with Crippen molar-refractivity contribution in [2.75, 3.05) is 40.9 Å². The molecule has 0 aliphatic carbocycles. The lowest BCUT2D eigenvalue weighted by atomic mass is 10.0. The molecule has 0 aliphatic rings. The molecule has 0 aromatic heterocycles. The molecule has 0 aliphatic heterocycles. The van der Waals surface area contributed by atoms with Gasteiger partial charge in [0.2, 0.25) is 5.91 Å². The van der Waals surface area contributed by atoms with Gasteiger partial charge in [0.25, 0.3) is 7.82 Å². The summed E-state index contributed by atoms with van der Waals surface area (Å²) in [5.41, 5.74) is 0. The van der Waals surface area contributed by atoms with Crippen molar-refractivity contribution in [1.82, 2.24) is 5.32 Å². The van der Waals surface area contributed by atoms with E-state index < -0.39 is 20.0 Å². The van der Waals surface area contributed by atoms with E-state index in [9.17, 15) is 19.4 Å². The number of aliphatic hydroxyl groups excluding tert-OH is 1. The van der Waals surface area contributed by atoms with Gasteiger partial charge in [0.05, 0.1) is 39.9 Å². The number of nitrogens with zero attached hydrogens (tertiary/aromatic N) is 1. The van der Waals surface area contributed by atoms with E-state index in [1.54, 1.807) is 0 Å². The molecule has 1 amide bonds. The maximum Gasteiger partial charge on any atom is 0.268 e. The topological polar surface area (TPSA) is 108 Å². The highest BCUT2D eigenvalue weighted by Gasteiger charge is 2.24. The quantitative estimate of drug-likeness (QED) is 0.0272. The van der Waals surface area contributed by atoms with Crippen molar-refractivity contribution in [3.8, 4) is 0 Å². The van der Waals surface area contributed by atoms with Gasteiger partial charge in [0, 0.05) is 6.42 Å². The third-order valence-electron chi connectivity index (χ3n) is 11.2. The average Bonchev–Trinajstić information content (AvgIpc) is 3.30. The second-order valence-electron chi connectivity index (χ2n) is 18.9. The summed E-state index contributed by atoms with van der Waals surface area (Å²) in [5, 5.41) is 13.9. The SMILES string of the molecule is CC/C=C\C/C=C\C/C=C\C/C=C\C/C=C\C/C=C\C/C=C\C/C=C\C/C=C\C/C=C\CCCCC(=O)NC(COP(=O)([O-])OCC[N+](C)(C)C)C(O)CCCCCCCCCCCCCCC. The Kier molecular flexibility index (Phi) is 46.7. The van der Waals surface area contributed by atoms with Crippen LogP contribution < -0.4 is 10.2 Å². The van der Waals surface area contributed by atoms with Gasteiger partial charge in [-0.15, -0.1) is 0 Å². The molecule has 388 valence electrons. The number of rotatable bonds is 47. The Morgan fingerprint density at radius 2 is 0.897 bits per heavy atom. The molecule has 3 atom stereocenters. The third kappa shape index (κ3) is 50.8. The summed E-state index contributed by atoms with van der Waals surface area (Å²) in [4.78, 5) is 25.4. The largest absolute Gasteiger partial charge is 0.756 e. The first-order valence-electron chi connectivity index (χ1n) is 26.9. The number of aliphatic hydroxyl groups is 1. The predicted octanol–water partition coefficient (Wildman–Crippen LogP) is 15.6. The Hall–Kier alpha value is -3.10. The monoisotopic (exact) mass is 965 g/mol. The summed E-state index contributed by atoms with van der Waals surface area (Å²) >= 11 is 0. The standard InChI is InChI=1S/C59H101N2O6P/c1-6-8-10-12-14-16-18-20-21-22-23-24-25-26-27-28-29-30-31-32-33-34-35-36-37-38-39-41-43-45-47-49-51-53-59(63)60-57(56-67-68(64,65)66-55-54-61(3,4)5)58(62)52-50-48-46-44-42-40-19-17-15-13-11-9-7-2/h8,10,14,16,20-21,23-24,26-27,29-30,32-33,35-36,38-39,43,45,57-58,62H,6-7,9,11-13,15,17-19,22,25,28,31,34,37,40-42,44,46-56H2,1-5H3,(H-,60,63,64,65)/b10-8-,16-14-,21-20-,24-23-,27-26-,30-29-,33-32-,36-35-,39-38-,45-43-. The predicted molar refractivity (Wildman–Crippen MR) is 292 cm³/mol. The molecule has 0 fully saturated rings. The van der Waals surface area contributed by atoms with Crippen LogP contribution in [-0.2, 0) is 18.4 Å². The summed E-state index contributed by atoms with van der Waals surface area (Å²) in [6.45, 7) is 4.55. The van der Waals surface area contributed by atoms with Crippen LogP contribution in [0.3, 0.4) is 0 Å². The van der Waals surface area contributed by atoms with E-state index in [2.05, 4.69) is 141 Å². The highest BCUT2D eigenvalue weighted by atomic mass is 31.2. The molecule has 0 radical (unpaired) electrons. The molecule has 0 spiro atoms. The lowest BCUT2D eigenvalue weighted by Gasteiger charge is -2.30. The lowest BCUT2D eigenvalue weighted by molar-refractivity contribution is -0.870. The number of likely N-dealkylation sites (N-methyl/N-ethyl adjacent to an activating group) is 1. The van der Waals surface area contributed by atoms with Crippen molar-refractivity contribution < 1.29 is 32.9 Å². The summed E-state index contributed by atoms with van der Waals surface area (Å²) < 4.78 is 23.3. The zero-order valence-corrected chi connectivity index (χ0v) is 44.9. The number of phosphoric ester groups is 1. The molecule has 0 saturated heterocycles. The lowest BCUT2D eigenvalue weighted by Crippen LogP contribution is -2.46. The van der Waals surface area contributed by atoms with Crippen molar-refractivity contribution in [3.63, 3.8) is 0 Å². The van der Waals surface area contributed by atoms with E-state index in [-0.39, 0.29) is 19.1 Å². The summed E-state index contributed by atoms with van der Waals surface area (Å²) in [6, 6.07) is -0.832. The molecule has 0 saturated carbocycles. The number of allylic oxidation sites excluding steroid dienone is 20. The number of hydrogen-bond donors (Lipinski definition) is 2. The Morgan fingerprint density at radius 1 is 0.529 bits per heavy atom. The molecule has 68 heavy (non-hydrogen) atoms. The second kappa shape index (κ2) is 48.9. The van der Waals surface area contributed by atoms with Gasteiger partial charge >= 0.3 is 0 Å². The van der Waals surface area contributed by atoms with E-state index in [4.69, 9.17) is 9.05 Å². The van der Waals surface area contributed by atoms with Crippen molar-refractivity contribution in [1.29, 1.82) is 0 Å². The number of carbonyl (C=O) groups excluding carboxylic acids is 1. The van der Waals surface area contributed by atoms with Crippen LogP contribution in [0.4, 0.5) is 0 Å². The fourth-order valence-corrected chi connectivity index (χ4v) is 7.73. The van der Waals surface area contributed by atoms with Gasteiger partial charge < -0.3 is 28.8 Å². The molecule has 0 bridgehead atoms. The fraction of sp³-hybridized carbons (Fsp3) is 0.644. The van der Waals surface area contributed by atoms with Crippen LogP contribution in [0.5, 0.6) is 0 Å². The van der Waals surface area contributed by atoms with Crippen molar-refractivity contribution in [2.24, 2.45) is 0 Å². The van der Waals surface area contributed by atoms with Crippen molar-refractivity contribution >= 4 is 13.7 Å². The molecule has 0 aromatic carbocycles. The maximum absolute atomic E-state index is 12.9. The van der Waals surface area contributed by atoms with E-state index in [0.717, 1.165) is 96.3 Å². The minimum Gasteiger partial charge on any atom is -0.756 e. The number of carbonyl (C=O) groups is 1.